The van der Waals surface area contributed by atoms with Crippen molar-refractivity contribution in [3.8, 4) is 5.75 Å². The van der Waals surface area contributed by atoms with Gasteiger partial charge in [0.05, 0.1) is 9.34 Å². The van der Waals surface area contributed by atoms with Crippen LogP contribution < -0.4 is 15.5 Å². The second kappa shape index (κ2) is 11.0. The monoisotopic (exact) mass is 539 g/mol. The first-order valence-corrected chi connectivity index (χ1v) is 13.5. The number of nitrogens with one attached hydrogen (secondary N) is 2. The smallest absolute Gasteiger partial charge is 0.323 e. The average Bonchev–Trinajstić information content (AvgIpc) is 3.16. The lowest BCUT2D eigenvalue weighted by atomic mass is 9.93. The SMILES string of the molecule is CN1CCCN(c2ccc(NC(=O)[C@H]3Cc4cc(O)ccc4CN3C(=O)Nc3ccc(Cl)s3)cc2)CC1. The number of carbonyl (C=O) groups excluding carboxylic acids is 2. The maximum absolute atomic E-state index is 13.5. The highest BCUT2D eigenvalue weighted by atomic mass is 35.5. The molecule has 1 atom stereocenters. The van der Waals surface area contributed by atoms with E-state index in [1.807, 2.05) is 24.3 Å². The number of halogens is 1. The zero-order valence-electron chi connectivity index (χ0n) is 20.6. The topological polar surface area (TPSA) is 88.2 Å². The van der Waals surface area contributed by atoms with Gasteiger partial charge in [0.1, 0.15) is 11.8 Å². The van der Waals surface area contributed by atoms with Crippen LogP contribution >= 0.6 is 22.9 Å². The van der Waals surface area contributed by atoms with Crippen molar-refractivity contribution in [2.45, 2.75) is 25.4 Å². The van der Waals surface area contributed by atoms with Crippen LogP contribution in [0, 0.1) is 0 Å². The quantitative estimate of drug-likeness (QED) is 0.441. The molecule has 2 aromatic carbocycles. The van der Waals surface area contributed by atoms with Crippen molar-refractivity contribution in [1.29, 1.82) is 0 Å². The number of urea groups is 1. The van der Waals surface area contributed by atoms with Crippen LogP contribution in [0.2, 0.25) is 4.34 Å². The standard InChI is InChI=1S/C27H30ClN5O3S/c1-31-11-2-12-32(14-13-31)21-6-4-20(5-7-21)29-26(35)23-16-19-15-22(34)8-3-18(19)17-33(23)27(36)30-25-10-9-24(28)37-25/h3-10,15,23,34H,2,11-14,16-17H2,1H3,(H,29,35)(H,30,36)/t23-/m1/s1. The fourth-order valence-corrected chi connectivity index (χ4v) is 5.79. The van der Waals surface area contributed by atoms with Gasteiger partial charge in [-0.25, -0.2) is 4.79 Å². The summed E-state index contributed by atoms with van der Waals surface area (Å²) in [5.41, 5.74) is 3.55. The van der Waals surface area contributed by atoms with E-state index in [1.54, 1.807) is 30.3 Å². The molecule has 2 aliphatic heterocycles. The third kappa shape index (κ3) is 6.01. The zero-order valence-corrected chi connectivity index (χ0v) is 22.2. The Morgan fingerprint density at radius 2 is 1.78 bits per heavy atom. The zero-order chi connectivity index (χ0) is 25.9. The van der Waals surface area contributed by atoms with Gasteiger partial charge in [-0.15, -0.1) is 11.3 Å². The molecule has 10 heteroatoms. The highest BCUT2D eigenvalue weighted by Gasteiger charge is 2.35. The molecule has 0 spiro atoms. The van der Waals surface area contributed by atoms with Gasteiger partial charge in [-0.3, -0.25) is 10.1 Å². The third-order valence-corrected chi connectivity index (χ3v) is 8.05. The lowest BCUT2D eigenvalue weighted by Gasteiger charge is -2.36. The molecule has 2 aliphatic rings. The Labute approximate surface area is 225 Å². The molecule has 194 valence electrons. The number of benzene rings is 2. The minimum Gasteiger partial charge on any atom is -0.508 e. The van der Waals surface area contributed by atoms with E-state index in [1.165, 1.54) is 16.2 Å². The lowest BCUT2D eigenvalue weighted by Crippen LogP contribution is -2.52. The molecule has 37 heavy (non-hydrogen) atoms. The summed E-state index contributed by atoms with van der Waals surface area (Å²) in [5, 5.41) is 16.4. The second-order valence-corrected chi connectivity index (χ2v) is 11.2. The summed E-state index contributed by atoms with van der Waals surface area (Å²) >= 11 is 7.28. The summed E-state index contributed by atoms with van der Waals surface area (Å²) in [6, 6.07) is 15.2. The Balaban J connectivity index is 1.32. The van der Waals surface area contributed by atoms with Crippen molar-refractivity contribution in [2.75, 3.05) is 48.8 Å². The van der Waals surface area contributed by atoms with Gasteiger partial charge in [0, 0.05) is 44.0 Å². The van der Waals surface area contributed by atoms with Crippen LogP contribution in [-0.2, 0) is 17.8 Å². The van der Waals surface area contributed by atoms with Gasteiger partial charge in [-0.1, -0.05) is 17.7 Å². The average molecular weight is 540 g/mol. The molecule has 0 radical (unpaired) electrons. The van der Waals surface area contributed by atoms with Gasteiger partial charge >= 0.3 is 6.03 Å². The van der Waals surface area contributed by atoms with E-state index < -0.39 is 6.04 Å². The van der Waals surface area contributed by atoms with E-state index in [4.69, 9.17) is 11.6 Å². The number of nitrogens with zero attached hydrogens (tertiary/aromatic N) is 3. The molecule has 8 nitrogen and oxygen atoms in total. The first-order chi connectivity index (χ1) is 17.9. The summed E-state index contributed by atoms with van der Waals surface area (Å²) in [5.74, 6) is -0.142. The van der Waals surface area contributed by atoms with E-state index in [2.05, 4.69) is 27.5 Å². The highest BCUT2D eigenvalue weighted by molar-refractivity contribution is 7.20. The molecule has 0 saturated carbocycles. The van der Waals surface area contributed by atoms with E-state index >= 15 is 0 Å². The summed E-state index contributed by atoms with van der Waals surface area (Å²) in [4.78, 5) is 32.9. The molecule has 0 aliphatic carbocycles. The lowest BCUT2D eigenvalue weighted by molar-refractivity contribution is -0.120. The molecule has 1 saturated heterocycles. The van der Waals surface area contributed by atoms with Crippen LogP contribution in [0.3, 0.4) is 0 Å². The Morgan fingerprint density at radius 3 is 2.54 bits per heavy atom. The highest BCUT2D eigenvalue weighted by Crippen LogP contribution is 2.30. The number of fused-ring (bicyclic) bond motifs is 1. The van der Waals surface area contributed by atoms with Crippen LogP contribution in [0.1, 0.15) is 17.5 Å². The van der Waals surface area contributed by atoms with E-state index in [0.29, 0.717) is 21.4 Å². The number of rotatable bonds is 4. The number of likely N-dealkylation sites (N-methyl/N-ethyl adjacent to an activating group) is 1. The number of amides is 3. The normalized spacial score (nSPS) is 18.2. The van der Waals surface area contributed by atoms with Gasteiger partial charge in [0.25, 0.3) is 0 Å². The molecule has 1 aromatic heterocycles. The van der Waals surface area contributed by atoms with Crippen LogP contribution in [0.25, 0.3) is 0 Å². The Morgan fingerprint density at radius 1 is 0.973 bits per heavy atom. The van der Waals surface area contributed by atoms with Crippen molar-refractivity contribution < 1.29 is 14.7 Å². The van der Waals surface area contributed by atoms with E-state index in [-0.39, 0.29) is 24.2 Å². The van der Waals surface area contributed by atoms with Crippen molar-refractivity contribution >= 4 is 51.3 Å². The van der Waals surface area contributed by atoms with Gasteiger partial charge in [-0.05, 0) is 79.7 Å². The van der Waals surface area contributed by atoms with Gasteiger partial charge < -0.3 is 25.1 Å². The molecule has 5 rings (SSSR count). The molecule has 3 N–H and O–H groups in total. The van der Waals surface area contributed by atoms with E-state index in [9.17, 15) is 14.7 Å². The summed E-state index contributed by atoms with van der Waals surface area (Å²) < 4.78 is 0.569. The first kappa shape index (κ1) is 25.4. The summed E-state index contributed by atoms with van der Waals surface area (Å²) in [7, 11) is 2.15. The number of anilines is 3. The molecular formula is C27H30ClN5O3S. The summed E-state index contributed by atoms with van der Waals surface area (Å²) in [6.07, 6.45) is 1.41. The number of hydrogen-bond acceptors (Lipinski definition) is 6. The van der Waals surface area contributed by atoms with Crippen molar-refractivity contribution in [2.24, 2.45) is 0 Å². The number of thiophene rings is 1. The molecule has 0 bridgehead atoms. The second-order valence-electron chi connectivity index (χ2n) is 9.51. The van der Waals surface area contributed by atoms with Crippen molar-refractivity contribution in [1.82, 2.24) is 9.80 Å². The number of hydrogen-bond donors (Lipinski definition) is 3. The van der Waals surface area contributed by atoms with Crippen LogP contribution in [-0.4, -0.2) is 66.1 Å². The first-order valence-electron chi connectivity index (χ1n) is 12.3. The number of phenols is 1. The Bertz CT molecular complexity index is 1280. The molecule has 3 heterocycles. The maximum Gasteiger partial charge on any atom is 0.323 e. The molecule has 3 amide bonds. The predicted molar refractivity (Wildman–Crippen MR) is 149 cm³/mol. The number of phenolic OH excluding ortho intramolecular Hbond substituents is 1. The van der Waals surface area contributed by atoms with Gasteiger partial charge in [0.2, 0.25) is 5.91 Å². The van der Waals surface area contributed by atoms with Gasteiger partial charge in [0.15, 0.2) is 0 Å². The van der Waals surface area contributed by atoms with Crippen LogP contribution in [0.5, 0.6) is 5.75 Å². The number of carbonyl (C=O) groups is 2. The predicted octanol–water partition coefficient (Wildman–Crippen LogP) is 4.85. The number of aromatic hydroxyl groups is 1. The largest absolute Gasteiger partial charge is 0.508 e. The van der Waals surface area contributed by atoms with Crippen LogP contribution in [0.15, 0.2) is 54.6 Å². The Kier molecular flexibility index (Phi) is 7.55. The minimum atomic E-state index is -0.745. The molecular weight excluding hydrogens is 510 g/mol. The maximum atomic E-state index is 13.5. The summed E-state index contributed by atoms with van der Waals surface area (Å²) in [6.45, 7) is 4.34. The molecule has 1 fully saturated rings. The minimum absolute atomic E-state index is 0.138. The molecule has 0 unspecified atom stereocenters. The van der Waals surface area contributed by atoms with Crippen molar-refractivity contribution in [3.63, 3.8) is 0 Å². The van der Waals surface area contributed by atoms with Crippen LogP contribution in [0.4, 0.5) is 21.2 Å². The van der Waals surface area contributed by atoms with E-state index in [0.717, 1.165) is 49.4 Å². The van der Waals surface area contributed by atoms with Gasteiger partial charge in [-0.2, -0.15) is 0 Å². The third-order valence-electron chi connectivity index (χ3n) is 6.91. The fourth-order valence-electron chi connectivity index (χ4n) is 4.86. The van der Waals surface area contributed by atoms with Crippen molar-refractivity contribution in [3.05, 3.63) is 70.1 Å². The fraction of sp³-hybridized carbons (Fsp3) is 0.333. The molecule has 3 aromatic rings. The Hall–Kier alpha value is -3.27.